The molecular formula is C23H24N4O2. The number of anilines is 1. The van der Waals surface area contributed by atoms with Crippen molar-refractivity contribution in [1.82, 2.24) is 14.9 Å². The molecule has 6 heteroatoms. The topological polar surface area (TPSA) is 69.3 Å². The number of hydrogen-bond donors (Lipinski definition) is 1. The van der Waals surface area contributed by atoms with Crippen LogP contribution < -0.4 is 4.90 Å². The van der Waals surface area contributed by atoms with E-state index in [2.05, 4.69) is 22.1 Å². The molecule has 1 aromatic heterocycles. The average molecular weight is 388 g/mol. The van der Waals surface area contributed by atoms with Crippen molar-refractivity contribution in [2.45, 2.75) is 32.2 Å². The van der Waals surface area contributed by atoms with Crippen LogP contribution >= 0.6 is 0 Å². The second kappa shape index (κ2) is 7.03. The van der Waals surface area contributed by atoms with Crippen LogP contribution in [0.1, 0.15) is 29.8 Å². The number of benzene rings is 2. The average Bonchev–Trinajstić information content (AvgIpc) is 3.43. The van der Waals surface area contributed by atoms with Gasteiger partial charge in [0.1, 0.15) is 5.82 Å². The van der Waals surface area contributed by atoms with Crippen molar-refractivity contribution in [3.05, 3.63) is 59.4 Å². The van der Waals surface area contributed by atoms with Crippen molar-refractivity contribution in [3.8, 4) is 0 Å². The van der Waals surface area contributed by atoms with Crippen LogP contribution in [0.3, 0.4) is 0 Å². The minimum Gasteiger partial charge on any atom is -0.340 e. The van der Waals surface area contributed by atoms with Crippen LogP contribution in [0.15, 0.2) is 42.5 Å². The van der Waals surface area contributed by atoms with Crippen LogP contribution in [-0.2, 0) is 29.0 Å². The minimum atomic E-state index is -0.315. The lowest BCUT2D eigenvalue weighted by Crippen LogP contribution is -2.34. The normalized spacial score (nSPS) is 18.4. The predicted octanol–water partition coefficient (Wildman–Crippen LogP) is 3.06. The number of aryl methyl sites for hydroxylation is 2. The summed E-state index contributed by atoms with van der Waals surface area (Å²) < 4.78 is 0. The summed E-state index contributed by atoms with van der Waals surface area (Å²) in [5.74, 6) is 0.452. The highest BCUT2D eigenvalue weighted by molar-refractivity contribution is 6.00. The van der Waals surface area contributed by atoms with Crippen molar-refractivity contribution in [2.75, 3.05) is 18.5 Å². The fourth-order valence-electron chi connectivity index (χ4n) is 4.54. The van der Waals surface area contributed by atoms with Gasteiger partial charge in [-0.2, -0.15) is 0 Å². The number of carbonyl (C=O) groups is 2. The van der Waals surface area contributed by atoms with E-state index in [0.717, 1.165) is 35.4 Å². The molecule has 0 saturated carbocycles. The summed E-state index contributed by atoms with van der Waals surface area (Å²) in [6.45, 7) is 0.845. The molecule has 1 unspecified atom stereocenters. The van der Waals surface area contributed by atoms with Crippen molar-refractivity contribution in [1.29, 1.82) is 0 Å². The summed E-state index contributed by atoms with van der Waals surface area (Å²) in [6, 6.07) is 14.1. The number of hydrogen-bond acceptors (Lipinski definition) is 3. The maximum absolute atomic E-state index is 13.0. The number of rotatable bonds is 4. The SMILES string of the molecule is CN(Cc1nc2ccccc2[nH]1)C(=O)C1CC(=O)N(c2ccc3c(c2)CCC3)C1. The van der Waals surface area contributed by atoms with E-state index in [-0.39, 0.29) is 24.2 Å². The van der Waals surface area contributed by atoms with E-state index in [9.17, 15) is 9.59 Å². The van der Waals surface area contributed by atoms with Gasteiger partial charge in [-0.15, -0.1) is 0 Å². The zero-order chi connectivity index (χ0) is 20.0. The Hall–Kier alpha value is -3.15. The summed E-state index contributed by atoms with van der Waals surface area (Å²) in [5.41, 5.74) is 5.50. The Labute approximate surface area is 169 Å². The van der Waals surface area contributed by atoms with Gasteiger partial charge in [0.2, 0.25) is 11.8 Å². The molecule has 2 heterocycles. The monoisotopic (exact) mass is 388 g/mol. The first-order valence-corrected chi connectivity index (χ1v) is 10.2. The summed E-state index contributed by atoms with van der Waals surface area (Å²) in [6.07, 6.45) is 3.64. The number of imidazole rings is 1. The molecule has 0 bridgehead atoms. The summed E-state index contributed by atoms with van der Waals surface area (Å²) >= 11 is 0. The first-order valence-electron chi connectivity index (χ1n) is 10.2. The van der Waals surface area contributed by atoms with Gasteiger partial charge in [0.05, 0.1) is 23.5 Å². The van der Waals surface area contributed by atoms with Crippen LogP contribution in [0.2, 0.25) is 0 Å². The van der Waals surface area contributed by atoms with Crippen LogP contribution in [0.25, 0.3) is 11.0 Å². The molecule has 2 amide bonds. The predicted molar refractivity (Wildman–Crippen MR) is 111 cm³/mol. The van der Waals surface area contributed by atoms with Gasteiger partial charge in [0.25, 0.3) is 0 Å². The van der Waals surface area contributed by atoms with Gasteiger partial charge in [-0.1, -0.05) is 18.2 Å². The molecule has 1 fully saturated rings. The molecule has 1 aliphatic heterocycles. The van der Waals surface area contributed by atoms with E-state index in [4.69, 9.17) is 0 Å². The minimum absolute atomic E-state index is 0.0116. The van der Waals surface area contributed by atoms with Crippen LogP contribution in [0.5, 0.6) is 0 Å². The smallest absolute Gasteiger partial charge is 0.228 e. The van der Waals surface area contributed by atoms with Gasteiger partial charge in [-0.3, -0.25) is 9.59 Å². The maximum atomic E-state index is 13.0. The molecule has 2 aromatic carbocycles. The van der Waals surface area contributed by atoms with Gasteiger partial charge in [0.15, 0.2) is 0 Å². The molecule has 5 rings (SSSR count). The third-order valence-corrected chi connectivity index (χ3v) is 6.07. The molecule has 0 spiro atoms. The first kappa shape index (κ1) is 17.9. The lowest BCUT2D eigenvalue weighted by Gasteiger charge is -2.21. The molecule has 3 aromatic rings. The number of H-pyrrole nitrogens is 1. The third-order valence-electron chi connectivity index (χ3n) is 6.07. The molecule has 1 aliphatic carbocycles. The largest absolute Gasteiger partial charge is 0.340 e. The van der Waals surface area contributed by atoms with Crippen LogP contribution in [0, 0.1) is 5.92 Å². The fraction of sp³-hybridized carbons (Fsp3) is 0.348. The van der Waals surface area contributed by atoms with Crippen molar-refractivity contribution in [3.63, 3.8) is 0 Å². The van der Waals surface area contributed by atoms with E-state index in [1.54, 1.807) is 16.8 Å². The highest BCUT2D eigenvalue weighted by atomic mass is 16.2. The molecule has 1 atom stereocenters. The lowest BCUT2D eigenvalue weighted by molar-refractivity contribution is -0.135. The van der Waals surface area contributed by atoms with Gasteiger partial charge in [-0.25, -0.2) is 4.98 Å². The number of nitrogens with zero attached hydrogens (tertiary/aromatic N) is 3. The molecule has 29 heavy (non-hydrogen) atoms. The lowest BCUT2D eigenvalue weighted by atomic mass is 10.1. The van der Waals surface area contributed by atoms with Gasteiger partial charge in [0, 0.05) is 25.7 Å². The number of para-hydroxylation sites is 2. The Balaban J connectivity index is 1.28. The number of nitrogens with one attached hydrogen (secondary N) is 1. The van der Waals surface area contributed by atoms with E-state index in [1.165, 1.54) is 17.5 Å². The Morgan fingerprint density at radius 1 is 1.21 bits per heavy atom. The quantitative estimate of drug-likeness (QED) is 0.747. The van der Waals surface area contributed by atoms with E-state index in [0.29, 0.717) is 13.1 Å². The number of aromatic nitrogens is 2. The first-order chi connectivity index (χ1) is 14.1. The molecular weight excluding hydrogens is 364 g/mol. The highest BCUT2D eigenvalue weighted by Crippen LogP contribution is 2.31. The molecule has 1 saturated heterocycles. The fourth-order valence-corrected chi connectivity index (χ4v) is 4.54. The van der Waals surface area contributed by atoms with Gasteiger partial charge in [-0.05, 0) is 54.7 Å². The number of aromatic amines is 1. The summed E-state index contributed by atoms with van der Waals surface area (Å²) in [7, 11) is 1.78. The van der Waals surface area contributed by atoms with Crippen LogP contribution in [-0.4, -0.2) is 40.3 Å². The van der Waals surface area contributed by atoms with Crippen LogP contribution in [0.4, 0.5) is 5.69 Å². The number of fused-ring (bicyclic) bond motifs is 2. The number of carbonyl (C=O) groups excluding carboxylic acids is 2. The molecule has 148 valence electrons. The maximum Gasteiger partial charge on any atom is 0.228 e. The van der Waals surface area contributed by atoms with Crippen molar-refractivity contribution >= 4 is 28.5 Å². The Morgan fingerprint density at radius 2 is 2.03 bits per heavy atom. The van der Waals surface area contributed by atoms with E-state index >= 15 is 0 Å². The zero-order valence-electron chi connectivity index (χ0n) is 16.5. The van der Waals surface area contributed by atoms with Crippen molar-refractivity contribution < 1.29 is 9.59 Å². The molecule has 2 aliphatic rings. The second-order valence-corrected chi connectivity index (χ2v) is 8.11. The molecule has 0 radical (unpaired) electrons. The van der Waals surface area contributed by atoms with Gasteiger partial charge < -0.3 is 14.8 Å². The summed E-state index contributed by atoms with van der Waals surface area (Å²) in [4.78, 5) is 36.8. The second-order valence-electron chi connectivity index (χ2n) is 8.11. The molecule has 1 N–H and O–H groups in total. The summed E-state index contributed by atoms with van der Waals surface area (Å²) in [5, 5.41) is 0. The third kappa shape index (κ3) is 3.28. The van der Waals surface area contributed by atoms with E-state index < -0.39 is 0 Å². The Morgan fingerprint density at radius 3 is 2.90 bits per heavy atom. The van der Waals surface area contributed by atoms with E-state index in [1.807, 2.05) is 30.3 Å². The Bertz CT molecular complexity index is 1070. The highest BCUT2D eigenvalue weighted by Gasteiger charge is 2.36. The molecule has 6 nitrogen and oxygen atoms in total. The van der Waals surface area contributed by atoms with Crippen molar-refractivity contribution in [2.24, 2.45) is 5.92 Å². The van der Waals surface area contributed by atoms with Gasteiger partial charge >= 0.3 is 0 Å². The number of amides is 2. The zero-order valence-corrected chi connectivity index (χ0v) is 16.5. The standard InChI is InChI=1S/C23H24N4O2/c1-26(14-21-24-19-7-2-3-8-20(19)25-21)23(29)17-12-22(28)27(13-17)18-10-9-15-5-4-6-16(15)11-18/h2-3,7-11,17H,4-6,12-14H2,1H3,(H,24,25). The Kier molecular flexibility index (Phi) is 4.34.